The van der Waals surface area contributed by atoms with Crippen LogP contribution in [0.5, 0.6) is 5.75 Å². The van der Waals surface area contributed by atoms with Gasteiger partial charge >= 0.3 is 14.4 Å². The second kappa shape index (κ2) is 9.83. The third-order valence-electron chi connectivity index (χ3n) is 5.42. The van der Waals surface area contributed by atoms with Crippen molar-refractivity contribution >= 4 is 24.8 Å². The largest absolute Gasteiger partial charge is 0.534 e. The Balaban J connectivity index is 1.96. The van der Waals surface area contributed by atoms with Crippen molar-refractivity contribution in [2.45, 2.75) is 58.7 Å². The van der Waals surface area contributed by atoms with Gasteiger partial charge in [0.15, 0.2) is 0 Å². The summed E-state index contributed by atoms with van der Waals surface area (Å²) in [4.78, 5) is 12.1. The van der Waals surface area contributed by atoms with Gasteiger partial charge < -0.3 is 14.5 Å². The smallest absolute Gasteiger partial charge is 0.407 e. The fourth-order valence-corrected chi connectivity index (χ4v) is 8.45. The van der Waals surface area contributed by atoms with E-state index in [0.29, 0.717) is 6.54 Å². The minimum absolute atomic E-state index is 0.125. The molecule has 33 heavy (non-hydrogen) atoms. The normalized spacial score (nSPS) is 12.2. The average Bonchev–Trinajstić information content (AvgIpc) is 2.75. The van der Waals surface area contributed by atoms with Crippen LogP contribution in [0.4, 0.5) is 4.79 Å². The highest BCUT2D eigenvalue weighted by Crippen LogP contribution is 2.37. The van der Waals surface area contributed by atoms with Crippen LogP contribution in [0.1, 0.15) is 47.1 Å². The van der Waals surface area contributed by atoms with Gasteiger partial charge in [0.05, 0.1) is 0 Å². The van der Waals surface area contributed by atoms with Gasteiger partial charge in [-0.05, 0) is 53.9 Å². The predicted octanol–water partition coefficient (Wildman–Crippen LogP) is 5.65. The zero-order chi connectivity index (χ0) is 24.1. The molecule has 0 aliphatic carbocycles. The first kappa shape index (κ1) is 24.6. The Hall–Kier alpha value is -3.05. The number of alkyl carbamates (subject to hydrolysis) is 1. The molecule has 0 unspecified atom stereocenters. The molecule has 0 saturated heterocycles. The fourth-order valence-electron chi connectivity index (χ4n) is 4.03. The van der Waals surface area contributed by atoms with Crippen molar-refractivity contribution in [3.8, 4) is 5.75 Å². The molecule has 3 aromatic carbocycles. The first-order valence-corrected chi connectivity index (χ1v) is 13.3. The molecule has 5 heteroatoms. The molecule has 1 N–H and O–H groups in total. The van der Waals surface area contributed by atoms with Gasteiger partial charge in [0.25, 0.3) is 0 Å². The minimum atomic E-state index is -2.70. The molecule has 174 valence electrons. The highest BCUT2D eigenvalue weighted by Gasteiger charge is 2.52. The summed E-state index contributed by atoms with van der Waals surface area (Å²) in [6, 6.07) is 29.1. The van der Waals surface area contributed by atoms with Crippen LogP contribution in [0.2, 0.25) is 5.04 Å². The molecular weight excluding hydrogens is 426 g/mol. The van der Waals surface area contributed by atoms with Crippen molar-refractivity contribution in [3.05, 3.63) is 90.5 Å². The van der Waals surface area contributed by atoms with Crippen LogP contribution in [0, 0.1) is 0 Å². The van der Waals surface area contributed by atoms with Crippen LogP contribution in [-0.4, -0.2) is 20.0 Å². The molecule has 0 atom stereocenters. The van der Waals surface area contributed by atoms with Gasteiger partial charge in [-0.25, -0.2) is 4.79 Å². The summed E-state index contributed by atoms with van der Waals surface area (Å²) in [6.45, 7) is 12.7. The van der Waals surface area contributed by atoms with Gasteiger partial charge in [-0.15, -0.1) is 0 Å². The predicted molar refractivity (Wildman–Crippen MR) is 138 cm³/mol. The summed E-state index contributed by atoms with van der Waals surface area (Å²) in [5.74, 6) is 0.799. The van der Waals surface area contributed by atoms with Crippen LogP contribution >= 0.6 is 0 Å². The van der Waals surface area contributed by atoms with Crippen molar-refractivity contribution in [1.29, 1.82) is 0 Å². The minimum Gasteiger partial charge on any atom is -0.534 e. The van der Waals surface area contributed by atoms with E-state index < -0.39 is 20.0 Å². The maximum Gasteiger partial charge on any atom is 0.407 e. The second-order valence-corrected chi connectivity index (χ2v) is 14.5. The lowest BCUT2D eigenvalue weighted by atomic mass is 10.2. The van der Waals surface area contributed by atoms with E-state index in [-0.39, 0.29) is 5.04 Å². The number of ether oxygens (including phenoxy) is 1. The van der Waals surface area contributed by atoms with Crippen molar-refractivity contribution in [2.75, 3.05) is 0 Å². The Morgan fingerprint density at radius 1 is 0.788 bits per heavy atom. The topological polar surface area (TPSA) is 47.6 Å². The Morgan fingerprint density at radius 2 is 1.33 bits per heavy atom. The van der Waals surface area contributed by atoms with E-state index in [1.807, 2.05) is 57.2 Å². The molecule has 3 aromatic rings. The monoisotopic (exact) mass is 461 g/mol. The molecule has 0 bridgehead atoms. The van der Waals surface area contributed by atoms with E-state index >= 15 is 0 Å². The molecule has 0 spiro atoms. The Bertz CT molecular complexity index is 1010. The highest BCUT2D eigenvalue weighted by atomic mass is 28.4. The molecule has 0 aromatic heterocycles. The summed E-state index contributed by atoms with van der Waals surface area (Å²) < 4.78 is 12.4. The van der Waals surface area contributed by atoms with Crippen molar-refractivity contribution in [3.63, 3.8) is 0 Å². The number of nitrogens with one attached hydrogen (secondary N) is 1. The number of amides is 1. The Labute approximate surface area is 199 Å². The van der Waals surface area contributed by atoms with Gasteiger partial charge in [-0.1, -0.05) is 93.6 Å². The molecule has 0 fully saturated rings. The molecule has 0 radical (unpaired) electrons. The van der Waals surface area contributed by atoms with Crippen LogP contribution < -0.4 is 20.1 Å². The standard InChI is InChI=1S/C28H35NO3Si/c1-27(2,3)31-26(30)29-21-22-14-13-15-23(20-22)32-33(28(4,5)6,24-16-9-7-10-17-24)25-18-11-8-12-19-25/h7-20H,21H2,1-6H3,(H,29,30). The van der Waals surface area contributed by atoms with Gasteiger partial charge in [0.1, 0.15) is 11.4 Å². The van der Waals surface area contributed by atoms with Crippen molar-refractivity contribution in [1.82, 2.24) is 5.32 Å². The van der Waals surface area contributed by atoms with E-state index in [1.54, 1.807) is 0 Å². The summed E-state index contributed by atoms with van der Waals surface area (Å²) in [6.07, 6.45) is -0.430. The fraction of sp³-hybridized carbons (Fsp3) is 0.321. The SMILES string of the molecule is CC(C)(C)OC(=O)NCc1cccc(O[Si](c2ccccc2)(c2ccccc2)C(C)(C)C)c1. The van der Waals surface area contributed by atoms with Crippen LogP contribution in [0.3, 0.4) is 0 Å². The molecule has 0 saturated carbocycles. The molecule has 0 heterocycles. The number of carbonyl (C=O) groups excluding carboxylic acids is 1. The van der Waals surface area contributed by atoms with Gasteiger partial charge in [0, 0.05) is 6.54 Å². The quantitative estimate of drug-likeness (QED) is 0.483. The maximum atomic E-state index is 12.1. The first-order valence-electron chi connectivity index (χ1n) is 11.4. The summed E-state index contributed by atoms with van der Waals surface area (Å²) in [5, 5.41) is 5.16. The van der Waals surface area contributed by atoms with Gasteiger partial charge in [0.2, 0.25) is 0 Å². The van der Waals surface area contributed by atoms with E-state index in [2.05, 4.69) is 74.6 Å². The third kappa shape index (κ3) is 6.05. The summed E-state index contributed by atoms with van der Waals surface area (Å²) >= 11 is 0. The van der Waals surface area contributed by atoms with Gasteiger partial charge in [-0.3, -0.25) is 0 Å². The number of hydrogen-bond acceptors (Lipinski definition) is 3. The molecule has 4 nitrogen and oxygen atoms in total. The number of carbonyl (C=O) groups is 1. The second-order valence-electron chi connectivity index (χ2n) is 10.3. The maximum absolute atomic E-state index is 12.1. The van der Waals surface area contributed by atoms with E-state index in [9.17, 15) is 4.79 Å². The lowest BCUT2D eigenvalue weighted by Crippen LogP contribution is -2.68. The average molecular weight is 462 g/mol. The lowest BCUT2D eigenvalue weighted by molar-refractivity contribution is 0.0523. The zero-order valence-electron chi connectivity index (χ0n) is 20.5. The van der Waals surface area contributed by atoms with Crippen LogP contribution in [-0.2, 0) is 11.3 Å². The summed E-state index contributed by atoms with van der Waals surface area (Å²) in [5.41, 5.74) is 0.425. The first-order chi connectivity index (χ1) is 15.5. The Kier molecular flexibility index (Phi) is 7.33. The van der Waals surface area contributed by atoms with E-state index in [1.165, 1.54) is 10.4 Å². The lowest BCUT2D eigenvalue weighted by Gasteiger charge is -2.43. The highest BCUT2D eigenvalue weighted by molar-refractivity contribution is 7.00. The van der Waals surface area contributed by atoms with Crippen LogP contribution in [0.25, 0.3) is 0 Å². The molecular formula is C28H35NO3Si. The Morgan fingerprint density at radius 3 is 1.82 bits per heavy atom. The molecule has 1 amide bonds. The molecule has 0 aliphatic heterocycles. The third-order valence-corrected chi connectivity index (χ3v) is 10.4. The van der Waals surface area contributed by atoms with Gasteiger partial charge in [-0.2, -0.15) is 0 Å². The number of hydrogen-bond donors (Lipinski definition) is 1. The van der Waals surface area contributed by atoms with E-state index in [4.69, 9.17) is 9.16 Å². The molecule has 0 aliphatic rings. The summed E-state index contributed by atoms with van der Waals surface area (Å²) in [7, 11) is -2.70. The van der Waals surface area contributed by atoms with Crippen LogP contribution in [0.15, 0.2) is 84.9 Å². The molecule has 3 rings (SSSR count). The van der Waals surface area contributed by atoms with E-state index in [0.717, 1.165) is 11.3 Å². The number of benzene rings is 3. The van der Waals surface area contributed by atoms with Crippen molar-refractivity contribution < 1.29 is 14.0 Å². The van der Waals surface area contributed by atoms with Crippen molar-refractivity contribution in [2.24, 2.45) is 0 Å². The number of rotatable bonds is 6. The zero-order valence-corrected chi connectivity index (χ0v) is 21.5.